The molecule has 1 unspecified atom stereocenters. The van der Waals surface area contributed by atoms with Gasteiger partial charge in [0.15, 0.2) is 0 Å². The molecule has 0 radical (unpaired) electrons. The molecular weight excluding hydrogens is 188 g/mol. The molecule has 0 aromatic carbocycles. The van der Waals surface area contributed by atoms with E-state index in [9.17, 15) is 4.79 Å². The molecule has 0 N–H and O–H groups in total. The van der Waals surface area contributed by atoms with Crippen LogP contribution in [-0.4, -0.2) is 55.4 Å². The lowest BCUT2D eigenvalue weighted by atomic mass is 10.1. The van der Waals surface area contributed by atoms with Crippen molar-refractivity contribution in [3.63, 3.8) is 0 Å². The third-order valence-electron chi connectivity index (χ3n) is 3.07. The molecule has 0 saturated carbocycles. The molecule has 0 aliphatic carbocycles. The van der Waals surface area contributed by atoms with Gasteiger partial charge in [-0.15, -0.1) is 0 Å². The maximum Gasteiger partial charge on any atom is 0.131 e. The Kier molecular flexibility index (Phi) is 5.26. The number of likely N-dealkylation sites (tertiary alicyclic amines) is 1. The number of nitrogens with zero attached hydrogens (tertiary/aromatic N) is 2. The molecule has 0 amide bonds. The first-order chi connectivity index (χ1) is 7.09. The molecule has 3 nitrogen and oxygen atoms in total. The van der Waals surface area contributed by atoms with Crippen molar-refractivity contribution in [2.24, 2.45) is 0 Å². The molecule has 3 heteroatoms. The first kappa shape index (κ1) is 12.7. The Morgan fingerprint density at radius 3 is 2.80 bits per heavy atom. The fourth-order valence-corrected chi connectivity index (χ4v) is 2.34. The van der Waals surface area contributed by atoms with E-state index in [4.69, 9.17) is 0 Å². The molecule has 0 aromatic heterocycles. The predicted molar refractivity (Wildman–Crippen MR) is 63.1 cm³/mol. The molecule has 1 atom stereocenters. The fourth-order valence-electron chi connectivity index (χ4n) is 2.34. The van der Waals surface area contributed by atoms with Crippen molar-refractivity contribution < 1.29 is 4.79 Å². The minimum Gasteiger partial charge on any atom is -0.309 e. The maximum absolute atomic E-state index is 11.1. The summed E-state index contributed by atoms with van der Waals surface area (Å²) in [6, 6.07) is 0.532. The SMILES string of the molecule is CC(=O)CC1CCCN1CCCN(C)C. The maximum atomic E-state index is 11.1. The van der Waals surface area contributed by atoms with Gasteiger partial charge < -0.3 is 4.90 Å². The van der Waals surface area contributed by atoms with Gasteiger partial charge in [0.1, 0.15) is 5.78 Å². The van der Waals surface area contributed by atoms with Gasteiger partial charge in [0.2, 0.25) is 0 Å². The van der Waals surface area contributed by atoms with Gasteiger partial charge in [0.05, 0.1) is 0 Å². The summed E-state index contributed by atoms with van der Waals surface area (Å²) in [6.45, 7) is 5.18. The van der Waals surface area contributed by atoms with Crippen LogP contribution in [0, 0.1) is 0 Å². The zero-order valence-corrected chi connectivity index (χ0v) is 10.3. The second kappa shape index (κ2) is 6.23. The number of Topliss-reactive ketones (excluding diaryl/α,β-unsaturated/α-hetero) is 1. The first-order valence-corrected chi connectivity index (χ1v) is 5.98. The molecule has 88 valence electrons. The van der Waals surface area contributed by atoms with Crippen LogP contribution < -0.4 is 0 Å². The lowest BCUT2D eigenvalue weighted by molar-refractivity contribution is -0.118. The minimum atomic E-state index is 0.333. The summed E-state index contributed by atoms with van der Waals surface area (Å²) >= 11 is 0. The third kappa shape index (κ3) is 4.76. The summed E-state index contributed by atoms with van der Waals surface area (Å²) in [7, 11) is 4.22. The summed E-state index contributed by atoms with van der Waals surface area (Å²) in [5.74, 6) is 0.333. The monoisotopic (exact) mass is 212 g/mol. The van der Waals surface area contributed by atoms with Gasteiger partial charge in [-0.2, -0.15) is 0 Å². The van der Waals surface area contributed by atoms with E-state index in [0.29, 0.717) is 11.8 Å². The highest BCUT2D eigenvalue weighted by Gasteiger charge is 2.24. The average Bonchev–Trinajstić information content (AvgIpc) is 2.51. The summed E-state index contributed by atoms with van der Waals surface area (Å²) < 4.78 is 0. The van der Waals surface area contributed by atoms with Gasteiger partial charge >= 0.3 is 0 Å². The van der Waals surface area contributed by atoms with Crippen LogP contribution in [0.1, 0.15) is 32.6 Å². The Morgan fingerprint density at radius 1 is 1.47 bits per heavy atom. The van der Waals surface area contributed by atoms with E-state index in [1.165, 1.54) is 25.8 Å². The predicted octanol–water partition coefficient (Wildman–Crippen LogP) is 1.38. The first-order valence-electron chi connectivity index (χ1n) is 5.98. The molecular formula is C12H24N2O. The van der Waals surface area contributed by atoms with Crippen molar-refractivity contribution in [1.29, 1.82) is 0 Å². The second-order valence-corrected chi connectivity index (χ2v) is 4.89. The largest absolute Gasteiger partial charge is 0.309 e. The van der Waals surface area contributed by atoms with Gasteiger partial charge in [-0.05, 0) is 59.9 Å². The third-order valence-corrected chi connectivity index (χ3v) is 3.07. The van der Waals surface area contributed by atoms with Crippen LogP contribution in [0.15, 0.2) is 0 Å². The highest BCUT2D eigenvalue weighted by molar-refractivity contribution is 5.76. The van der Waals surface area contributed by atoms with Crippen LogP contribution in [0.5, 0.6) is 0 Å². The second-order valence-electron chi connectivity index (χ2n) is 4.89. The molecule has 1 rings (SSSR count). The average molecular weight is 212 g/mol. The van der Waals surface area contributed by atoms with E-state index in [-0.39, 0.29) is 0 Å². The number of hydrogen-bond acceptors (Lipinski definition) is 3. The molecule has 15 heavy (non-hydrogen) atoms. The Morgan fingerprint density at radius 2 is 2.20 bits per heavy atom. The number of ketones is 1. The standard InChI is InChI=1S/C12H24N2O/c1-11(15)10-12-6-4-8-14(12)9-5-7-13(2)3/h12H,4-10H2,1-3H3. The van der Waals surface area contributed by atoms with Crippen LogP contribution >= 0.6 is 0 Å². The van der Waals surface area contributed by atoms with Gasteiger partial charge in [-0.3, -0.25) is 9.69 Å². The summed E-state index contributed by atoms with van der Waals surface area (Å²) in [4.78, 5) is 15.8. The molecule has 1 heterocycles. The Balaban J connectivity index is 2.24. The Bertz CT molecular complexity index is 204. The van der Waals surface area contributed by atoms with Gasteiger partial charge in [0.25, 0.3) is 0 Å². The van der Waals surface area contributed by atoms with Gasteiger partial charge in [-0.25, -0.2) is 0 Å². The van der Waals surface area contributed by atoms with Crippen molar-refractivity contribution in [3.05, 3.63) is 0 Å². The van der Waals surface area contributed by atoms with Crippen molar-refractivity contribution in [2.75, 3.05) is 33.7 Å². The van der Waals surface area contributed by atoms with Gasteiger partial charge in [0, 0.05) is 12.5 Å². The van der Waals surface area contributed by atoms with Crippen molar-refractivity contribution in [1.82, 2.24) is 9.80 Å². The number of carbonyl (C=O) groups is 1. The molecule has 1 fully saturated rings. The van der Waals surface area contributed by atoms with Gasteiger partial charge in [-0.1, -0.05) is 0 Å². The normalized spacial score (nSPS) is 22.5. The zero-order valence-electron chi connectivity index (χ0n) is 10.3. The van der Waals surface area contributed by atoms with E-state index in [2.05, 4.69) is 23.9 Å². The fraction of sp³-hybridized carbons (Fsp3) is 0.917. The molecule has 1 saturated heterocycles. The van der Waals surface area contributed by atoms with E-state index in [1.807, 2.05) is 0 Å². The van der Waals surface area contributed by atoms with Crippen LogP contribution in [-0.2, 0) is 4.79 Å². The quantitative estimate of drug-likeness (QED) is 0.664. The number of carbonyl (C=O) groups excluding carboxylic acids is 1. The molecule has 1 aliphatic heterocycles. The van der Waals surface area contributed by atoms with E-state index >= 15 is 0 Å². The molecule has 0 aromatic rings. The zero-order chi connectivity index (χ0) is 11.3. The number of hydrogen-bond donors (Lipinski definition) is 0. The van der Waals surface area contributed by atoms with E-state index in [0.717, 1.165) is 19.5 Å². The summed E-state index contributed by atoms with van der Waals surface area (Å²) in [6.07, 6.45) is 4.44. The Hall–Kier alpha value is -0.410. The van der Waals surface area contributed by atoms with Crippen LogP contribution in [0.4, 0.5) is 0 Å². The van der Waals surface area contributed by atoms with E-state index < -0.39 is 0 Å². The van der Waals surface area contributed by atoms with Crippen LogP contribution in [0.2, 0.25) is 0 Å². The van der Waals surface area contributed by atoms with Crippen molar-refractivity contribution in [3.8, 4) is 0 Å². The minimum absolute atomic E-state index is 0.333. The number of rotatable bonds is 6. The smallest absolute Gasteiger partial charge is 0.131 e. The molecule has 1 aliphatic rings. The highest BCUT2D eigenvalue weighted by Crippen LogP contribution is 2.20. The lowest BCUT2D eigenvalue weighted by Gasteiger charge is -2.24. The lowest BCUT2D eigenvalue weighted by Crippen LogP contribution is -2.33. The topological polar surface area (TPSA) is 23.6 Å². The highest BCUT2D eigenvalue weighted by atomic mass is 16.1. The Labute approximate surface area is 93.4 Å². The van der Waals surface area contributed by atoms with Crippen LogP contribution in [0.3, 0.4) is 0 Å². The molecule has 0 bridgehead atoms. The van der Waals surface area contributed by atoms with E-state index in [1.54, 1.807) is 6.92 Å². The molecule has 0 spiro atoms. The van der Waals surface area contributed by atoms with Crippen LogP contribution in [0.25, 0.3) is 0 Å². The van der Waals surface area contributed by atoms with Crippen molar-refractivity contribution >= 4 is 5.78 Å². The summed E-state index contributed by atoms with van der Waals surface area (Å²) in [5.41, 5.74) is 0. The van der Waals surface area contributed by atoms with Crippen molar-refractivity contribution in [2.45, 2.75) is 38.6 Å². The summed E-state index contributed by atoms with van der Waals surface area (Å²) in [5, 5.41) is 0.